The van der Waals surface area contributed by atoms with Gasteiger partial charge in [-0.2, -0.15) is 4.31 Å². The third-order valence-corrected chi connectivity index (χ3v) is 6.54. The highest BCUT2D eigenvalue weighted by molar-refractivity contribution is 8.14. The summed E-state index contributed by atoms with van der Waals surface area (Å²) in [5, 5.41) is 0. The molecular weight excluding hydrogens is 334 g/mol. The number of benzene rings is 1. The summed E-state index contributed by atoms with van der Waals surface area (Å²) < 4.78 is 49.6. The maximum absolute atomic E-state index is 12.7. The van der Waals surface area contributed by atoms with Crippen LogP contribution in [0.4, 0.5) is 0 Å². The Morgan fingerprint density at radius 3 is 2.24 bits per heavy atom. The van der Waals surface area contributed by atoms with Gasteiger partial charge >= 0.3 is 0 Å². The van der Waals surface area contributed by atoms with Crippen LogP contribution in [-0.2, 0) is 19.1 Å². The molecule has 114 valence electrons. The summed E-state index contributed by atoms with van der Waals surface area (Å²) in [6, 6.07) is 5.26. The Bertz CT molecular complexity index is 777. The van der Waals surface area contributed by atoms with Gasteiger partial charge in [-0.15, -0.1) is 6.42 Å². The lowest BCUT2D eigenvalue weighted by Crippen LogP contribution is -2.34. The molecule has 0 aromatic heterocycles. The van der Waals surface area contributed by atoms with Crippen molar-refractivity contribution in [3.05, 3.63) is 24.3 Å². The second kappa shape index (κ2) is 5.97. The van der Waals surface area contributed by atoms with Crippen LogP contribution in [0.25, 0.3) is 0 Å². The highest BCUT2D eigenvalue weighted by Gasteiger charge is 2.34. The Labute approximate surface area is 129 Å². The molecule has 5 nitrogen and oxygen atoms in total. The molecule has 0 saturated heterocycles. The topological polar surface area (TPSA) is 71.5 Å². The van der Waals surface area contributed by atoms with Crippen LogP contribution in [0.2, 0.25) is 0 Å². The lowest BCUT2D eigenvalue weighted by atomic mass is 10.4. The van der Waals surface area contributed by atoms with Crippen LogP contribution in [0.1, 0.15) is 12.8 Å². The molecule has 2 rings (SSSR count). The first-order chi connectivity index (χ1) is 9.76. The Hall–Kier alpha value is -1.07. The Balaban J connectivity index is 2.49. The van der Waals surface area contributed by atoms with Crippen LogP contribution in [0.15, 0.2) is 34.1 Å². The van der Waals surface area contributed by atoms with Crippen LogP contribution >= 0.6 is 10.7 Å². The fourth-order valence-corrected chi connectivity index (χ4v) is 5.18. The highest BCUT2D eigenvalue weighted by Crippen LogP contribution is 2.33. The van der Waals surface area contributed by atoms with Gasteiger partial charge in [-0.1, -0.05) is 18.1 Å². The van der Waals surface area contributed by atoms with Gasteiger partial charge in [0.25, 0.3) is 9.05 Å². The van der Waals surface area contributed by atoms with Gasteiger partial charge in [-0.05, 0) is 30.9 Å². The fraction of sp³-hybridized carbons (Fsp3) is 0.385. The van der Waals surface area contributed by atoms with Crippen LogP contribution in [0, 0.1) is 18.3 Å². The highest BCUT2D eigenvalue weighted by atomic mass is 35.7. The second-order valence-electron chi connectivity index (χ2n) is 4.83. The molecule has 1 aliphatic carbocycles. The van der Waals surface area contributed by atoms with Gasteiger partial charge in [-0.3, -0.25) is 0 Å². The summed E-state index contributed by atoms with van der Waals surface area (Å²) in [7, 11) is -2.85. The molecule has 1 aromatic carbocycles. The van der Waals surface area contributed by atoms with E-state index in [2.05, 4.69) is 5.92 Å². The quantitative estimate of drug-likeness (QED) is 0.579. The number of sulfonamides is 1. The van der Waals surface area contributed by atoms with Crippen LogP contribution < -0.4 is 0 Å². The van der Waals surface area contributed by atoms with Gasteiger partial charge in [0.2, 0.25) is 10.0 Å². The van der Waals surface area contributed by atoms with E-state index in [-0.39, 0.29) is 17.4 Å². The molecule has 0 amide bonds. The molecule has 1 saturated carbocycles. The van der Waals surface area contributed by atoms with Crippen molar-refractivity contribution >= 4 is 29.8 Å². The number of rotatable bonds is 6. The van der Waals surface area contributed by atoms with Gasteiger partial charge in [0.05, 0.1) is 6.54 Å². The van der Waals surface area contributed by atoms with Crippen molar-refractivity contribution in [2.24, 2.45) is 5.92 Å². The largest absolute Gasteiger partial charge is 0.262 e. The molecular formula is C13H14ClNO4S2. The van der Waals surface area contributed by atoms with Gasteiger partial charge in [0.15, 0.2) is 0 Å². The molecule has 0 N–H and O–H groups in total. The molecule has 0 radical (unpaired) electrons. The van der Waals surface area contributed by atoms with Crippen molar-refractivity contribution < 1.29 is 16.8 Å². The summed E-state index contributed by atoms with van der Waals surface area (Å²) in [6.07, 6.45) is 7.12. The molecule has 0 atom stereocenters. The lowest BCUT2D eigenvalue weighted by Gasteiger charge is -2.20. The Morgan fingerprint density at radius 2 is 1.76 bits per heavy atom. The number of hydrogen-bond acceptors (Lipinski definition) is 4. The molecule has 21 heavy (non-hydrogen) atoms. The van der Waals surface area contributed by atoms with E-state index in [1.165, 1.54) is 24.3 Å². The summed E-state index contributed by atoms with van der Waals surface area (Å²) in [6.45, 7) is 0.193. The van der Waals surface area contributed by atoms with E-state index >= 15 is 0 Å². The summed E-state index contributed by atoms with van der Waals surface area (Å²) in [5.74, 6) is 2.58. The minimum Gasteiger partial charge on any atom is -0.207 e. The van der Waals surface area contributed by atoms with Crippen molar-refractivity contribution in [2.45, 2.75) is 22.6 Å². The maximum atomic E-state index is 12.7. The molecule has 1 fully saturated rings. The minimum absolute atomic E-state index is 0.102. The molecule has 1 aromatic rings. The minimum atomic E-state index is -4.16. The zero-order chi connectivity index (χ0) is 15.7. The molecule has 8 heteroatoms. The van der Waals surface area contributed by atoms with Crippen molar-refractivity contribution in [1.82, 2.24) is 4.31 Å². The normalized spacial score (nSPS) is 15.9. The zero-order valence-electron chi connectivity index (χ0n) is 11.1. The maximum Gasteiger partial charge on any atom is 0.262 e. The van der Waals surface area contributed by atoms with Crippen LogP contribution in [0.5, 0.6) is 0 Å². The Morgan fingerprint density at radius 1 is 1.19 bits per heavy atom. The summed E-state index contributed by atoms with van der Waals surface area (Å²) in [5.41, 5.74) is 0. The van der Waals surface area contributed by atoms with Crippen LogP contribution in [-0.4, -0.2) is 34.2 Å². The molecule has 0 unspecified atom stereocenters. The van der Waals surface area contributed by atoms with E-state index in [0.717, 1.165) is 17.1 Å². The smallest absolute Gasteiger partial charge is 0.207 e. The van der Waals surface area contributed by atoms with Crippen molar-refractivity contribution in [2.75, 3.05) is 13.1 Å². The third-order valence-electron chi connectivity index (χ3n) is 3.16. The monoisotopic (exact) mass is 347 g/mol. The van der Waals surface area contributed by atoms with E-state index in [0.29, 0.717) is 6.54 Å². The lowest BCUT2D eigenvalue weighted by molar-refractivity contribution is 0.428. The van der Waals surface area contributed by atoms with Crippen molar-refractivity contribution in [1.29, 1.82) is 0 Å². The molecule has 0 spiro atoms. The SMILES string of the molecule is C#CCN(CC1CC1)S(=O)(=O)c1ccccc1S(=O)(=O)Cl. The van der Waals surface area contributed by atoms with E-state index in [9.17, 15) is 16.8 Å². The first-order valence-electron chi connectivity index (χ1n) is 6.24. The van der Waals surface area contributed by atoms with Crippen LogP contribution in [0.3, 0.4) is 0 Å². The fourth-order valence-electron chi connectivity index (χ4n) is 1.94. The van der Waals surface area contributed by atoms with E-state index in [1.54, 1.807) is 0 Å². The second-order valence-corrected chi connectivity index (χ2v) is 9.27. The molecule has 1 aliphatic rings. The zero-order valence-corrected chi connectivity index (χ0v) is 13.5. The Kier molecular flexibility index (Phi) is 4.63. The van der Waals surface area contributed by atoms with Crippen molar-refractivity contribution in [3.8, 4) is 12.3 Å². The van der Waals surface area contributed by atoms with E-state index in [4.69, 9.17) is 17.1 Å². The number of terminal acetylenes is 1. The van der Waals surface area contributed by atoms with Gasteiger partial charge in [0, 0.05) is 17.2 Å². The average Bonchev–Trinajstić information content (AvgIpc) is 3.21. The number of nitrogens with zero attached hydrogens (tertiary/aromatic N) is 1. The molecule has 0 heterocycles. The third kappa shape index (κ3) is 3.77. The molecule has 0 aliphatic heterocycles. The number of halogens is 1. The first kappa shape index (κ1) is 16.3. The number of hydrogen-bond donors (Lipinski definition) is 0. The van der Waals surface area contributed by atoms with E-state index < -0.39 is 24.0 Å². The van der Waals surface area contributed by atoms with Crippen molar-refractivity contribution in [3.63, 3.8) is 0 Å². The summed E-state index contributed by atoms with van der Waals surface area (Å²) in [4.78, 5) is -0.764. The molecule has 0 bridgehead atoms. The van der Waals surface area contributed by atoms with E-state index in [1.807, 2.05) is 0 Å². The first-order valence-corrected chi connectivity index (χ1v) is 9.99. The average molecular weight is 348 g/mol. The standard InChI is InChI=1S/C13H14ClNO4S2/c1-2-9-15(10-11-7-8-11)21(18,19)13-6-4-3-5-12(13)20(14,16)17/h1,3-6,11H,7-10H2. The van der Waals surface area contributed by atoms with Gasteiger partial charge < -0.3 is 0 Å². The predicted molar refractivity (Wildman–Crippen MR) is 79.8 cm³/mol. The van der Waals surface area contributed by atoms with Gasteiger partial charge in [0.1, 0.15) is 9.79 Å². The van der Waals surface area contributed by atoms with Gasteiger partial charge in [-0.25, -0.2) is 16.8 Å². The predicted octanol–water partition coefficient (Wildman–Crippen LogP) is 1.65. The summed E-state index contributed by atoms with van der Waals surface area (Å²) >= 11 is 0.